The number of methoxy groups -OCH3 is 1. The smallest absolute Gasteiger partial charge is 0.411 e. The van der Waals surface area contributed by atoms with Crippen molar-refractivity contribution in [2.24, 2.45) is 0 Å². The topological polar surface area (TPSA) is 55.6 Å². The summed E-state index contributed by atoms with van der Waals surface area (Å²) in [7, 11) is 1.31. The minimum absolute atomic E-state index is 0.264. The number of esters is 1. The summed E-state index contributed by atoms with van der Waals surface area (Å²) < 4.78 is 9.63. The van der Waals surface area contributed by atoms with Gasteiger partial charge in [-0.15, -0.1) is 0 Å². The van der Waals surface area contributed by atoms with E-state index in [1.807, 2.05) is 12.2 Å². The van der Waals surface area contributed by atoms with Crippen LogP contribution in [0.2, 0.25) is 0 Å². The molecule has 2 rings (SSSR count). The molecule has 1 atom stereocenters. The Morgan fingerprint density at radius 2 is 2.29 bits per heavy atom. The predicted molar refractivity (Wildman–Crippen MR) is 60.3 cm³/mol. The molecule has 1 fully saturated rings. The van der Waals surface area contributed by atoms with Crippen molar-refractivity contribution in [1.29, 1.82) is 0 Å². The summed E-state index contributed by atoms with van der Waals surface area (Å²) in [4.78, 5) is 24.0. The van der Waals surface area contributed by atoms with Crippen LogP contribution < -0.4 is 0 Å². The largest absolute Gasteiger partial charge is 0.467 e. The third kappa shape index (κ3) is 2.87. The summed E-state index contributed by atoms with van der Waals surface area (Å²) in [5.41, 5.74) is 1.00. The monoisotopic (exact) mass is 237 g/mol. The standard InChI is InChI=1S/C12H15NO4/c1-16-11(14)10-7-13(10)12(15)17-8-9-5-3-2-4-6-9/h3,5-6,10H,2,4,7-8H2,1H3. The lowest BCUT2D eigenvalue weighted by atomic mass is 10.1. The van der Waals surface area contributed by atoms with Crippen LogP contribution in [0.15, 0.2) is 23.8 Å². The summed E-state index contributed by atoms with van der Waals surface area (Å²) >= 11 is 0. The van der Waals surface area contributed by atoms with Crippen LogP contribution in [0.1, 0.15) is 12.8 Å². The first-order chi connectivity index (χ1) is 8.22. The molecular formula is C12H15NO4. The third-order valence-corrected chi connectivity index (χ3v) is 2.75. The molecule has 1 heterocycles. The van der Waals surface area contributed by atoms with Crippen molar-refractivity contribution in [2.75, 3.05) is 20.3 Å². The molecular weight excluding hydrogens is 222 g/mol. The second-order valence-corrected chi connectivity index (χ2v) is 4.00. The molecule has 1 aliphatic heterocycles. The highest BCUT2D eigenvalue weighted by molar-refractivity contribution is 5.86. The van der Waals surface area contributed by atoms with Crippen LogP contribution in [-0.2, 0) is 14.3 Å². The van der Waals surface area contributed by atoms with Gasteiger partial charge < -0.3 is 9.47 Å². The third-order valence-electron chi connectivity index (χ3n) is 2.75. The van der Waals surface area contributed by atoms with Crippen LogP contribution in [-0.4, -0.2) is 43.3 Å². The van der Waals surface area contributed by atoms with E-state index in [0.717, 1.165) is 18.4 Å². The predicted octanol–water partition coefficient (Wildman–Crippen LogP) is 1.26. The maximum Gasteiger partial charge on any atom is 0.411 e. The normalized spacial score (nSPS) is 21.8. The Hall–Kier alpha value is -1.78. The number of carbonyl (C=O) groups is 2. The number of nitrogens with zero attached hydrogens (tertiary/aromatic N) is 1. The highest BCUT2D eigenvalue weighted by atomic mass is 16.6. The molecule has 0 aromatic carbocycles. The van der Waals surface area contributed by atoms with Crippen molar-refractivity contribution < 1.29 is 19.1 Å². The Kier molecular flexibility index (Phi) is 3.46. The quantitative estimate of drug-likeness (QED) is 0.547. The van der Waals surface area contributed by atoms with Gasteiger partial charge in [0.2, 0.25) is 0 Å². The molecule has 1 aliphatic carbocycles. The van der Waals surface area contributed by atoms with E-state index in [-0.39, 0.29) is 6.61 Å². The van der Waals surface area contributed by atoms with Gasteiger partial charge in [0, 0.05) is 0 Å². The van der Waals surface area contributed by atoms with Gasteiger partial charge in [-0.3, -0.25) is 4.90 Å². The van der Waals surface area contributed by atoms with Gasteiger partial charge in [-0.1, -0.05) is 18.2 Å². The molecule has 2 aliphatic rings. The molecule has 0 radical (unpaired) electrons. The SMILES string of the molecule is COC(=O)C1CN1C(=O)OCC1=CCCC=C1. The van der Waals surface area contributed by atoms with Crippen LogP contribution >= 0.6 is 0 Å². The van der Waals surface area contributed by atoms with Crippen LogP contribution in [0.5, 0.6) is 0 Å². The molecule has 1 amide bonds. The van der Waals surface area contributed by atoms with Crippen LogP contribution in [0.4, 0.5) is 4.79 Å². The number of amides is 1. The van der Waals surface area contributed by atoms with Gasteiger partial charge in [-0.05, 0) is 18.4 Å². The minimum atomic E-state index is -0.458. The molecule has 0 bridgehead atoms. The number of rotatable bonds is 3. The molecule has 17 heavy (non-hydrogen) atoms. The number of allylic oxidation sites excluding steroid dienone is 2. The van der Waals surface area contributed by atoms with E-state index in [0.29, 0.717) is 6.54 Å². The summed E-state index contributed by atoms with van der Waals surface area (Å²) in [6, 6.07) is -0.455. The summed E-state index contributed by atoms with van der Waals surface area (Å²) in [5.74, 6) is -0.390. The second kappa shape index (κ2) is 5.03. The maximum atomic E-state index is 11.5. The van der Waals surface area contributed by atoms with E-state index in [1.165, 1.54) is 12.0 Å². The van der Waals surface area contributed by atoms with Crippen molar-refractivity contribution in [3.8, 4) is 0 Å². The van der Waals surface area contributed by atoms with E-state index in [2.05, 4.69) is 10.8 Å². The molecule has 0 aromatic heterocycles. The molecule has 5 heteroatoms. The molecule has 0 aromatic rings. The van der Waals surface area contributed by atoms with Crippen LogP contribution in [0.25, 0.3) is 0 Å². The highest BCUT2D eigenvalue weighted by Gasteiger charge is 2.46. The first-order valence-corrected chi connectivity index (χ1v) is 5.59. The first kappa shape index (κ1) is 11.7. The van der Waals surface area contributed by atoms with Gasteiger partial charge in [0.15, 0.2) is 6.04 Å². The molecule has 0 saturated carbocycles. The zero-order valence-corrected chi connectivity index (χ0v) is 9.72. The molecule has 1 unspecified atom stereocenters. The highest BCUT2D eigenvalue weighted by Crippen LogP contribution is 2.20. The Bertz CT molecular complexity index is 386. The van der Waals surface area contributed by atoms with Gasteiger partial charge >= 0.3 is 12.1 Å². The number of carbonyl (C=O) groups excluding carboxylic acids is 2. The van der Waals surface area contributed by atoms with Crippen molar-refractivity contribution in [1.82, 2.24) is 4.90 Å². The van der Waals surface area contributed by atoms with Crippen LogP contribution in [0, 0.1) is 0 Å². The maximum absolute atomic E-state index is 11.5. The van der Waals surface area contributed by atoms with Gasteiger partial charge in [0.05, 0.1) is 13.7 Å². The van der Waals surface area contributed by atoms with E-state index < -0.39 is 18.1 Å². The fourth-order valence-electron chi connectivity index (χ4n) is 1.68. The molecule has 0 spiro atoms. The van der Waals surface area contributed by atoms with E-state index in [1.54, 1.807) is 0 Å². The minimum Gasteiger partial charge on any atom is -0.467 e. The lowest BCUT2D eigenvalue weighted by Crippen LogP contribution is -2.21. The lowest BCUT2D eigenvalue weighted by Gasteiger charge is -2.09. The Morgan fingerprint density at radius 3 is 2.94 bits per heavy atom. The lowest BCUT2D eigenvalue weighted by molar-refractivity contribution is -0.140. The van der Waals surface area contributed by atoms with E-state index in [4.69, 9.17) is 4.74 Å². The summed E-state index contributed by atoms with van der Waals surface area (Å²) in [6.07, 6.45) is 7.62. The molecule has 0 N–H and O–H groups in total. The van der Waals surface area contributed by atoms with Gasteiger partial charge in [-0.25, -0.2) is 9.59 Å². The van der Waals surface area contributed by atoms with E-state index in [9.17, 15) is 9.59 Å². The second-order valence-electron chi connectivity index (χ2n) is 4.00. The fraction of sp³-hybridized carbons (Fsp3) is 0.500. The Labute approximate surface area is 99.7 Å². The van der Waals surface area contributed by atoms with E-state index >= 15 is 0 Å². The van der Waals surface area contributed by atoms with Gasteiger partial charge in [0.1, 0.15) is 6.61 Å². The molecule has 1 saturated heterocycles. The number of hydrogen-bond acceptors (Lipinski definition) is 4. The molecule has 92 valence electrons. The summed E-state index contributed by atoms with van der Waals surface area (Å²) in [6.45, 7) is 0.653. The van der Waals surface area contributed by atoms with Crippen molar-refractivity contribution in [3.63, 3.8) is 0 Å². The van der Waals surface area contributed by atoms with Crippen molar-refractivity contribution >= 4 is 12.1 Å². The Balaban J connectivity index is 1.74. The molecule has 5 nitrogen and oxygen atoms in total. The van der Waals surface area contributed by atoms with Gasteiger partial charge in [0.25, 0.3) is 0 Å². The average molecular weight is 237 g/mol. The van der Waals surface area contributed by atoms with Gasteiger partial charge in [-0.2, -0.15) is 0 Å². The zero-order valence-electron chi connectivity index (χ0n) is 9.72. The Morgan fingerprint density at radius 1 is 1.47 bits per heavy atom. The van der Waals surface area contributed by atoms with Crippen molar-refractivity contribution in [3.05, 3.63) is 23.8 Å². The van der Waals surface area contributed by atoms with Crippen LogP contribution in [0.3, 0.4) is 0 Å². The fourth-order valence-corrected chi connectivity index (χ4v) is 1.68. The first-order valence-electron chi connectivity index (χ1n) is 5.59. The zero-order chi connectivity index (χ0) is 12.3. The average Bonchev–Trinajstić information content (AvgIpc) is 3.16. The number of ether oxygens (including phenoxy) is 2. The summed E-state index contributed by atoms with van der Waals surface area (Å²) in [5, 5.41) is 0. The van der Waals surface area contributed by atoms with Crippen molar-refractivity contribution in [2.45, 2.75) is 18.9 Å². The number of hydrogen-bond donors (Lipinski definition) is 0.